The third kappa shape index (κ3) is 5.32. The lowest BCUT2D eigenvalue weighted by molar-refractivity contribution is -0.123. The summed E-state index contributed by atoms with van der Waals surface area (Å²) in [5, 5.41) is 0. The quantitative estimate of drug-likeness (QED) is 0.746. The maximum absolute atomic E-state index is 12.1. The van der Waals surface area contributed by atoms with Crippen LogP contribution in [0.1, 0.15) is 41.3 Å². The van der Waals surface area contributed by atoms with Gasteiger partial charge in [-0.1, -0.05) is 48.0 Å². The molecule has 0 fully saturated rings. The number of hydrazine groups is 1. The Kier molecular flexibility index (Phi) is 6.58. The fraction of sp³-hybridized carbons (Fsp3) is 0.263. The largest absolute Gasteiger partial charge is 0.483 e. The van der Waals surface area contributed by atoms with Crippen molar-refractivity contribution in [3.05, 3.63) is 63.6 Å². The molecule has 0 saturated heterocycles. The van der Waals surface area contributed by atoms with Crippen molar-refractivity contribution in [1.82, 2.24) is 10.9 Å². The summed E-state index contributed by atoms with van der Waals surface area (Å²) in [4.78, 5) is 24.0. The fourth-order valence-electron chi connectivity index (χ4n) is 2.30. The number of hydrogen-bond acceptors (Lipinski definition) is 3. The van der Waals surface area contributed by atoms with Gasteiger partial charge in [0.1, 0.15) is 5.75 Å². The van der Waals surface area contributed by atoms with Crippen LogP contribution in [0.25, 0.3) is 0 Å². The summed E-state index contributed by atoms with van der Waals surface area (Å²) in [6, 6.07) is 12.8. The number of halogens is 1. The van der Waals surface area contributed by atoms with Crippen molar-refractivity contribution in [1.29, 1.82) is 0 Å². The van der Waals surface area contributed by atoms with E-state index in [2.05, 4.69) is 40.6 Å². The first-order valence-corrected chi connectivity index (χ1v) is 8.75. The maximum atomic E-state index is 12.1. The summed E-state index contributed by atoms with van der Waals surface area (Å²) in [5.74, 6) is 0.118. The van der Waals surface area contributed by atoms with Crippen LogP contribution in [0.4, 0.5) is 0 Å². The summed E-state index contributed by atoms with van der Waals surface area (Å²) in [6.07, 6.45) is 0. The normalized spacial score (nSPS) is 10.4. The van der Waals surface area contributed by atoms with E-state index in [4.69, 9.17) is 4.74 Å². The molecule has 2 aromatic carbocycles. The monoisotopic (exact) mass is 404 g/mol. The smallest absolute Gasteiger partial charge is 0.276 e. The predicted octanol–water partition coefficient (Wildman–Crippen LogP) is 3.72. The van der Waals surface area contributed by atoms with Gasteiger partial charge >= 0.3 is 0 Å². The molecule has 2 amide bonds. The standard InChI is InChI=1S/C19H21BrN2O3/c1-12(2)16-10-14(20)8-9-17(16)25-11-18(23)21-22-19(24)15-7-5-4-6-13(15)3/h4-10,12H,11H2,1-3H3,(H,21,23)(H,22,24). The Balaban J connectivity index is 1.89. The van der Waals surface area contributed by atoms with Crippen LogP contribution in [0.15, 0.2) is 46.9 Å². The van der Waals surface area contributed by atoms with Crippen LogP contribution < -0.4 is 15.6 Å². The van der Waals surface area contributed by atoms with Gasteiger partial charge in [0.05, 0.1) is 0 Å². The molecule has 0 bridgehead atoms. The van der Waals surface area contributed by atoms with Gasteiger partial charge in [-0.2, -0.15) is 0 Å². The lowest BCUT2D eigenvalue weighted by Crippen LogP contribution is -2.44. The van der Waals surface area contributed by atoms with Crippen LogP contribution in [0, 0.1) is 6.92 Å². The van der Waals surface area contributed by atoms with Gasteiger partial charge < -0.3 is 4.74 Å². The highest BCUT2D eigenvalue weighted by Crippen LogP contribution is 2.29. The second-order valence-corrected chi connectivity index (χ2v) is 6.86. The van der Waals surface area contributed by atoms with E-state index < -0.39 is 5.91 Å². The molecule has 2 N–H and O–H groups in total. The second-order valence-electron chi connectivity index (χ2n) is 5.94. The average Bonchev–Trinajstić information content (AvgIpc) is 2.58. The Hall–Kier alpha value is -2.34. The minimum atomic E-state index is -0.431. The Labute approximate surface area is 155 Å². The van der Waals surface area contributed by atoms with Gasteiger partial charge in [-0.25, -0.2) is 0 Å². The summed E-state index contributed by atoms with van der Waals surface area (Å²) < 4.78 is 6.55. The van der Waals surface area contributed by atoms with E-state index in [0.29, 0.717) is 11.3 Å². The number of carbonyl (C=O) groups excluding carboxylic acids is 2. The van der Waals surface area contributed by atoms with Crippen molar-refractivity contribution in [2.45, 2.75) is 26.7 Å². The molecule has 0 aliphatic heterocycles. The molecular weight excluding hydrogens is 384 g/mol. The molecule has 0 atom stereocenters. The molecule has 2 rings (SSSR count). The van der Waals surface area contributed by atoms with E-state index in [0.717, 1.165) is 15.6 Å². The topological polar surface area (TPSA) is 67.4 Å². The molecule has 0 aliphatic rings. The van der Waals surface area contributed by atoms with Crippen molar-refractivity contribution >= 4 is 27.7 Å². The number of ether oxygens (including phenoxy) is 1. The van der Waals surface area contributed by atoms with Crippen LogP contribution in [0.2, 0.25) is 0 Å². The van der Waals surface area contributed by atoms with Crippen LogP contribution in [-0.4, -0.2) is 18.4 Å². The molecule has 132 valence electrons. The summed E-state index contributed by atoms with van der Waals surface area (Å²) >= 11 is 3.43. The van der Waals surface area contributed by atoms with Crippen LogP contribution >= 0.6 is 15.9 Å². The minimum absolute atomic E-state index is 0.185. The highest BCUT2D eigenvalue weighted by molar-refractivity contribution is 9.10. The number of nitrogens with one attached hydrogen (secondary N) is 2. The van der Waals surface area contributed by atoms with Gasteiger partial charge in [-0.05, 0) is 48.2 Å². The van der Waals surface area contributed by atoms with Gasteiger partial charge in [0, 0.05) is 10.0 Å². The highest BCUT2D eigenvalue weighted by atomic mass is 79.9. The predicted molar refractivity (Wildman–Crippen MR) is 101 cm³/mol. The number of rotatable bonds is 5. The molecular formula is C19H21BrN2O3. The van der Waals surface area contributed by atoms with Crippen molar-refractivity contribution < 1.29 is 14.3 Å². The molecule has 0 spiro atoms. The number of benzene rings is 2. The summed E-state index contributed by atoms with van der Waals surface area (Å²) in [5.41, 5.74) is 7.12. The molecule has 5 nitrogen and oxygen atoms in total. The van der Waals surface area contributed by atoms with Crippen molar-refractivity contribution in [2.24, 2.45) is 0 Å². The van der Waals surface area contributed by atoms with Gasteiger partial charge in [0.15, 0.2) is 6.61 Å². The second kappa shape index (κ2) is 8.67. The molecule has 0 heterocycles. The van der Waals surface area contributed by atoms with E-state index in [1.54, 1.807) is 12.1 Å². The SMILES string of the molecule is Cc1ccccc1C(=O)NNC(=O)COc1ccc(Br)cc1C(C)C. The van der Waals surface area contributed by atoms with Gasteiger partial charge in [0.2, 0.25) is 0 Å². The maximum Gasteiger partial charge on any atom is 0.276 e. The lowest BCUT2D eigenvalue weighted by atomic mass is 10.0. The van der Waals surface area contributed by atoms with Crippen LogP contribution in [0.3, 0.4) is 0 Å². The first kappa shape index (κ1) is 19.0. The Morgan fingerprint density at radius 2 is 1.84 bits per heavy atom. The Morgan fingerprint density at radius 1 is 1.12 bits per heavy atom. The Morgan fingerprint density at radius 3 is 2.52 bits per heavy atom. The molecule has 6 heteroatoms. The van der Waals surface area contributed by atoms with E-state index in [1.165, 1.54) is 0 Å². The van der Waals surface area contributed by atoms with E-state index in [9.17, 15) is 9.59 Å². The zero-order valence-corrected chi connectivity index (χ0v) is 16.0. The zero-order chi connectivity index (χ0) is 18.4. The first-order valence-electron chi connectivity index (χ1n) is 7.95. The van der Waals surface area contributed by atoms with Crippen molar-refractivity contribution in [3.63, 3.8) is 0 Å². The third-order valence-corrected chi connectivity index (χ3v) is 4.15. The minimum Gasteiger partial charge on any atom is -0.483 e. The highest BCUT2D eigenvalue weighted by Gasteiger charge is 2.12. The Bertz CT molecular complexity index is 775. The van der Waals surface area contributed by atoms with E-state index >= 15 is 0 Å². The number of carbonyl (C=O) groups is 2. The van der Waals surface area contributed by atoms with Gasteiger partial charge in [-0.3, -0.25) is 20.4 Å². The number of amides is 2. The number of aryl methyl sites for hydroxylation is 1. The summed E-state index contributed by atoms with van der Waals surface area (Å²) in [7, 11) is 0. The van der Waals surface area contributed by atoms with Crippen molar-refractivity contribution in [3.8, 4) is 5.75 Å². The summed E-state index contributed by atoms with van der Waals surface area (Å²) in [6.45, 7) is 5.75. The van der Waals surface area contributed by atoms with Gasteiger partial charge in [-0.15, -0.1) is 0 Å². The number of hydrogen-bond donors (Lipinski definition) is 2. The molecule has 0 saturated carbocycles. The van der Waals surface area contributed by atoms with E-state index in [1.807, 2.05) is 37.3 Å². The lowest BCUT2D eigenvalue weighted by Gasteiger charge is -2.15. The molecule has 2 aromatic rings. The van der Waals surface area contributed by atoms with Crippen LogP contribution in [-0.2, 0) is 4.79 Å². The fourth-order valence-corrected chi connectivity index (χ4v) is 2.68. The molecule has 0 radical (unpaired) electrons. The molecule has 0 unspecified atom stereocenters. The third-order valence-electron chi connectivity index (χ3n) is 3.66. The molecule has 0 aromatic heterocycles. The first-order chi connectivity index (χ1) is 11.9. The van der Waals surface area contributed by atoms with Crippen LogP contribution in [0.5, 0.6) is 5.75 Å². The molecule has 25 heavy (non-hydrogen) atoms. The van der Waals surface area contributed by atoms with Crippen molar-refractivity contribution in [2.75, 3.05) is 6.61 Å². The zero-order valence-electron chi connectivity index (χ0n) is 14.4. The van der Waals surface area contributed by atoms with E-state index in [-0.39, 0.29) is 18.4 Å². The average molecular weight is 405 g/mol. The van der Waals surface area contributed by atoms with Gasteiger partial charge in [0.25, 0.3) is 11.8 Å². The molecule has 0 aliphatic carbocycles.